The van der Waals surface area contributed by atoms with Gasteiger partial charge in [0.1, 0.15) is 6.33 Å². The van der Waals surface area contributed by atoms with Crippen LogP contribution in [0.2, 0.25) is 0 Å². The fourth-order valence-corrected chi connectivity index (χ4v) is 2.39. The number of nitrogens with zero attached hydrogens (tertiary/aromatic N) is 4. The molecule has 0 saturated heterocycles. The van der Waals surface area contributed by atoms with Crippen LogP contribution in [-0.2, 0) is 6.18 Å². The highest BCUT2D eigenvalue weighted by Crippen LogP contribution is 2.30. The first kappa shape index (κ1) is 17.6. The van der Waals surface area contributed by atoms with Crippen LogP contribution in [0.3, 0.4) is 0 Å². The molecule has 2 aromatic carbocycles. The van der Waals surface area contributed by atoms with Crippen LogP contribution in [-0.4, -0.2) is 26.1 Å². The summed E-state index contributed by atoms with van der Waals surface area (Å²) in [6.07, 6.45) is -3.00. The molecule has 0 aliphatic carbocycles. The molecule has 1 amide bonds. The topological polar surface area (TPSA) is 72.7 Å². The monoisotopic (exact) mass is 361 g/mol. The van der Waals surface area contributed by atoms with Gasteiger partial charge in [0.25, 0.3) is 5.91 Å². The van der Waals surface area contributed by atoms with E-state index in [2.05, 4.69) is 20.8 Å². The number of tetrazole rings is 1. The number of rotatable bonds is 4. The SMILES string of the molecule is CC(NC(=O)c1ccc(-n2cnnn2)cc1)c1cccc(C(F)(F)F)c1. The lowest BCUT2D eigenvalue weighted by Crippen LogP contribution is -2.26. The molecule has 3 aromatic rings. The van der Waals surface area contributed by atoms with Crippen molar-refractivity contribution in [3.8, 4) is 5.69 Å². The lowest BCUT2D eigenvalue weighted by molar-refractivity contribution is -0.137. The molecule has 0 radical (unpaired) electrons. The second kappa shape index (κ2) is 6.95. The molecule has 26 heavy (non-hydrogen) atoms. The Balaban J connectivity index is 1.71. The first-order chi connectivity index (χ1) is 12.3. The maximum Gasteiger partial charge on any atom is 0.416 e. The van der Waals surface area contributed by atoms with Gasteiger partial charge < -0.3 is 5.32 Å². The van der Waals surface area contributed by atoms with Gasteiger partial charge in [-0.2, -0.15) is 13.2 Å². The second-order valence-corrected chi connectivity index (χ2v) is 5.62. The van der Waals surface area contributed by atoms with Crippen molar-refractivity contribution in [1.82, 2.24) is 25.5 Å². The quantitative estimate of drug-likeness (QED) is 0.775. The van der Waals surface area contributed by atoms with Crippen molar-refractivity contribution in [2.45, 2.75) is 19.1 Å². The van der Waals surface area contributed by atoms with Gasteiger partial charge in [-0.15, -0.1) is 5.10 Å². The highest BCUT2D eigenvalue weighted by molar-refractivity contribution is 5.94. The molecule has 3 rings (SSSR count). The van der Waals surface area contributed by atoms with Crippen molar-refractivity contribution < 1.29 is 18.0 Å². The number of amides is 1. The molecular formula is C17H14F3N5O. The standard InChI is InChI=1S/C17H14F3N5O/c1-11(13-3-2-4-14(9-13)17(18,19)20)22-16(26)12-5-7-15(8-6-12)25-10-21-23-24-25/h2-11H,1H3,(H,22,26). The van der Waals surface area contributed by atoms with Crippen molar-refractivity contribution >= 4 is 5.91 Å². The molecule has 1 aromatic heterocycles. The molecule has 0 bridgehead atoms. The van der Waals surface area contributed by atoms with E-state index in [1.165, 1.54) is 17.1 Å². The summed E-state index contributed by atoms with van der Waals surface area (Å²) in [5.74, 6) is -0.391. The van der Waals surface area contributed by atoms with E-state index in [-0.39, 0.29) is 0 Å². The summed E-state index contributed by atoms with van der Waals surface area (Å²) in [7, 11) is 0. The summed E-state index contributed by atoms with van der Waals surface area (Å²) in [5, 5.41) is 13.5. The number of benzene rings is 2. The molecule has 0 spiro atoms. The van der Waals surface area contributed by atoms with Crippen molar-refractivity contribution in [3.05, 3.63) is 71.5 Å². The molecule has 6 nitrogen and oxygen atoms in total. The predicted molar refractivity (Wildman–Crippen MR) is 86.5 cm³/mol. The highest BCUT2D eigenvalue weighted by atomic mass is 19.4. The molecule has 0 aliphatic rings. The number of halogens is 3. The maximum absolute atomic E-state index is 12.8. The molecule has 1 heterocycles. The molecule has 0 saturated carbocycles. The number of alkyl halides is 3. The highest BCUT2D eigenvalue weighted by Gasteiger charge is 2.30. The number of hydrogen-bond donors (Lipinski definition) is 1. The Labute approximate surface area is 146 Å². The molecule has 1 N–H and O–H groups in total. The minimum absolute atomic E-state index is 0.374. The minimum atomic E-state index is -4.42. The van der Waals surface area contributed by atoms with E-state index in [4.69, 9.17) is 0 Å². The summed E-state index contributed by atoms with van der Waals surface area (Å²) < 4.78 is 39.9. The van der Waals surface area contributed by atoms with Gasteiger partial charge >= 0.3 is 6.18 Å². The minimum Gasteiger partial charge on any atom is -0.346 e. The van der Waals surface area contributed by atoms with E-state index in [0.29, 0.717) is 16.8 Å². The smallest absolute Gasteiger partial charge is 0.346 e. The average Bonchev–Trinajstić information content (AvgIpc) is 3.16. The Morgan fingerprint density at radius 1 is 1.15 bits per heavy atom. The fourth-order valence-electron chi connectivity index (χ4n) is 2.39. The van der Waals surface area contributed by atoms with E-state index in [1.807, 2.05) is 0 Å². The lowest BCUT2D eigenvalue weighted by atomic mass is 10.0. The normalized spacial score (nSPS) is 12.6. The number of aromatic nitrogens is 4. The molecule has 0 fully saturated rings. The summed E-state index contributed by atoms with van der Waals surface area (Å²) >= 11 is 0. The third-order valence-electron chi connectivity index (χ3n) is 3.80. The van der Waals surface area contributed by atoms with Crippen molar-refractivity contribution in [3.63, 3.8) is 0 Å². The first-order valence-electron chi connectivity index (χ1n) is 7.66. The van der Waals surface area contributed by atoms with Crippen LogP contribution in [0.1, 0.15) is 34.5 Å². The zero-order valence-electron chi connectivity index (χ0n) is 13.6. The van der Waals surface area contributed by atoms with Crippen LogP contribution in [0.5, 0.6) is 0 Å². The van der Waals surface area contributed by atoms with E-state index in [0.717, 1.165) is 12.1 Å². The Morgan fingerprint density at radius 3 is 2.50 bits per heavy atom. The Bertz CT molecular complexity index is 892. The van der Waals surface area contributed by atoms with Crippen molar-refractivity contribution in [2.75, 3.05) is 0 Å². The van der Waals surface area contributed by atoms with Crippen LogP contribution in [0.4, 0.5) is 13.2 Å². The second-order valence-electron chi connectivity index (χ2n) is 5.62. The lowest BCUT2D eigenvalue weighted by Gasteiger charge is -2.16. The fraction of sp³-hybridized carbons (Fsp3) is 0.176. The zero-order valence-corrected chi connectivity index (χ0v) is 13.6. The molecule has 1 atom stereocenters. The Kier molecular flexibility index (Phi) is 4.70. The molecular weight excluding hydrogens is 347 g/mol. The van der Waals surface area contributed by atoms with Gasteiger partial charge in [-0.3, -0.25) is 4.79 Å². The van der Waals surface area contributed by atoms with Gasteiger partial charge in [0.15, 0.2) is 0 Å². The van der Waals surface area contributed by atoms with E-state index in [1.54, 1.807) is 37.3 Å². The van der Waals surface area contributed by atoms with Crippen LogP contribution < -0.4 is 5.32 Å². The predicted octanol–water partition coefficient (Wildman–Crippen LogP) is 3.17. The molecule has 134 valence electrons. The van der Waals surface area contributed by atoms with Gasteiger partial charge in [0, 0.05) is 5.56 Å². The van der Waals surface area contributed by atoms with Crippen molar-refractivity contribution in [1.29, 1.82) is 0 Å². The van der Waals surface area contributed by atoms with Crippen LogP contribution in [0, 0.1) is 0 Å². The number of nitrogens with one attached hydrogen (secondary N) is 1. The average molecular weight is 361 g/mol. The first-order valence-corrected chi connectivity index (χ1v) is 7.66. The third kappa shape index (κ3) is 3.88. The van der Waals surface area contributed by atoms with E-state index >= 15 is 0 Å². The largest absolute Gasteiger partial charge is 0.416 e. The van der Waals surface area contributed by atoms with E-state index in [9.17, 15) is 18.0 Å². The Hall–Kier alpha value is -3.23. The molecule has 9 heteroatoms. The maximum atomic E-state index is 12.8. The third-order valence-corrected chi connectivity index (χ3v) is 3.80. The number of carbonyl (C=O) groups is 1. The van der Waals surface area contributed by atoms with Crippen LogP contribution >= 0.6 is 0 Å². The van der Waals surface area contributed by atoms with Crippen LogP contribution in [0.15, 0.2) is 54.9 Å². The number of carbonyl (C=O) groups excluding carboxylic acids is 1. The summed E-state index contributed by atoms with van der Waals surface area (Å²) in [6, 6.07) is 10.8. The summed E-state index contributed by atoms with van der Waals surface area (Å²) in [6.45, 7) is 1.63. The van der Waals surface area contributed by atoms with Crippen molar-refractivity contribution in [2.24, 2.45) is 0 Å². The number of hydrogen-bond acceptors (Lipinski definition) is 4. The van der Waals surface area contributed by atoms with E-state index < -0.39 is 23.7 Å². The zero-order chi connectivity index (χ0) is 18.7. The van der Waals surface area contributed by atoms with Gasteiger partial charge in [-0.1, -0.05) is 12.1 Å². The summed E-state index contributed by atoms with van der Waals surface area (Å²) in [5.41, 5.74) is 0.679. The van der Waals surface area contributed by atoms with Gasteiger partial charge in [0.05, 0.1) is 17.3 Å². The van der Waals surface area contributed by atoms with Gasteiger partial charge in [0.2, 0.25) is 0 Å². The summed E-state index contributed by atoms with van der Waals surface area (Å²) in [4.78, 5) is 12.3. The molecule has 1 unspecified atom stereocenters. The Morgan fingerprint density at radius 2 is 1.88 bits per heavy atom. The van der Waals surface area contributed by atoms with Gasteiger partial charge in [-0.05, 0) is 59.3 Å². The van der Waals surface area contributed by atoms with Crippen LogP contribution in [0.25, 0.3) is 5.69 Å². The van der Waals surface area contributed by atoms with Gasteiger partial charge in [-0.25, -0.2) is 4.68 Å². The molecule has 0 aliphatic heterocycles.